The Morgan fingerprint density at radius 1 is 1.00 bits per heavy atom. The van der Waals surface area contributed by atoms with E-state index < -0.39 is 0 Å². The van der Waals surface area contributed by atoms with Gasteiger partial charge in [0.05, 0.1) is 6.04 Å². The standard InChI is InChI=1S/C20H21NO2/c1-3-21(4-2)18(12-10-16-8-6-5-7-9-16)17-11-13-19-20(14-17)23-15-22-19/h5-9,11,13-14,18H,3-4,15H2,1-2H3. The summed E-state index contributed by atoms with van der Waals surface area (Å²) in [6, 6.07) is 16.2. The van der Waals surface area contributed by atoms with E-state index in [1.165, 1.54) is 0 Å². The Labute approximate surface area is 137 Å². The van der Waals surface area contributed by atoms with Gasteiger partial charge in [-0.1, -0.05) is 50.0 Å². The van der Waals surface area contributed by atoms with E-state index in [4.69, 9.17) is 9.47 Å². The minimum atomic E-state index is 0.0414. The van der Waals surface area contributed by atoms with Gasteiger partial charge in [-0.3, -0.25) is 4.90 Å². The molecule has 1 atom stereocenters. The van der Waals surface area contributed by atoms with Gasteiger partial charge in [-0.05, 0) is 42.9 Å². The summed E-state index contributed by atoms with van der Waals surface area (Å²) in [6.07, 6.45) is 0. The van der Waals surface area contributed by atoms with Crippen molar-refractivity contribution >= 4 is 0 Å². The number of benzene rings is 2. The molecule has 0 aliphatic carbocycles. The van der Waals surface area contributed by atoms with E-state index in [-0.39, 0.29) is 6.04 Å². The highest BCUT2D eigenvalue weighted by atomic mass is 16.7. The number of nitrogens with zero attached hydrogens (tertiary/aromatic N) is 1. The third-order valence-electron chi connectivity index (χ3n) is 4.02. The number of fused-ring (bicyclic) bond motifs is 1. The first-order valence-corrected chi connectivity index (χ1v) is 8.02. The van der Waals surface area contributed by atoms with Gasteiger partial charge in [-0.15, -0.1) is 0 Å². The first kappa shape index (κ1) is 15.5. The van der Waals surface area contributed by atoms with Gasteiger partial charge >= 0.3 is 0 Å². The van der Waals surface area contributed by atoms with Gasteiger partial charge in [0, 0.05) is 5.56 Å². The molecule has 0 radical (unpaired) electrons. The van der Waals surface area contributed by atoms with Gasteiger partial charge < -0.3 is 9.47 Å². The zero-order valence-corrected chi connectivity index (χ0v) is 13.6. The third-order valence-corrected chi connectivity index (χ3v) is 4.02. The zero-order chi connectivity index (χ0) is 16.1. The van der Waals surface area contributed by atoms with Gasteiger partial charge in [0.15, 0.2) is 11.5 Å². The normalized spacial score (nSPS) is 13.5. The number of hydrogen-bond acceptors (Lipinski definition) is 3. The fourth-order valence-corrected chi connectivity index (χ4v) is 2.73. The lowest BCUT2D eigenvalue weighted by Crippen LogP contribution is -2.27. The molecule has 0 aromatic heterocycles. The Hall–Kier alpha value is -2.44. The monoisotopic (exact) mass is 307 g/mol. The minimum absolute atomic E-state index is 0.0414. The van der Waals surface area contributed by atoms with Crippen LogP contribution in [0.3, 0.4) is 0 Å². The summed E-state index contributed by atoms with van der Waals surface area (Å²) in [6.45, 7) is 6.50. The number of hydrogen-bond donors (Lipinski definition) is 0. The molecule has 0 bridgehead atoms. The molecular formula is C20H21NO2. The molecule has 0 spiro atoms. The Morgan fingerprint density at radius 2 is 1.74 bits per heavy atom. The highest BCUT2D eigenvalue weighted by Gasteiger charge is 2.20. The highest BCUT2D eigenvalue weighted by molar-refractivity contribution is 5.47. The molecule has 1 unspecified atom stereocenters. The van der Waals surface area contributed by atoms with Crippen molar-refractivity contribution in [2.24, 2.45) is 0 Å². The molecule has 0 fully saturated rings. The van der Waals surface area contributed by atoms with Crippen LogP contribution in [-0.4, -0.2) is 24.8 Å². The van der Waals surface area contributed by atoms with E-state index in [0.717, 1.165) is 35.7 Å². The number of ether oxygens (including phenoxy) is 2. The van der Waals surface area contributed by atoms with Crippen molar-refractivity contribution < 1.29 is 9.47 Å². The topological polar surface area (TPSA) is 21.7 Å². The quantitative estimate of drug-likeness (QED) is 0.801. The largest absolute Gasteiger partial charge is 0.454 e. The van der Waals surface area contributed by atoms with Crippen LogP contribution in [0.1, 0.15) is 31.0 Å². The Morgan fingerprint density at radius 3 is 2.48 bits per heavy atom. The highest BCUT2D eigenvalue weighted by Crippen LogP contribution is 2.35. The molecule has 0 saturated carbocycles. The molecule has 0 saturated heterocycles. The summed E-state index contributed by atoms with van der Waals surface area (Å²) in [5.41, 5.74) is 2.17. The van der Waals surface area contributed by atoms with Crippen LogP contribution in [-0.2, 0) is 0 Å². The lowest BCUT2D eigenvalue weighted by molar-refractivity contribution is 0.174. The average molecular weight is 307 g/mol. The molecule has 2 aromatic rings. The molecule has 0 amide bonds. The van der Waals surface area contributed by atoms with Crippen LogP contribution in [0.5, 0.6) is 11.5 Å². The summed E-state index contributed by atoms with van der Waals surface area (Å²) in [5, 5.41) is 0. The smallest absolute Gasteiger partial charge is 0.231 e. The van der Waals surface area contributed by atoms with E-state index in [1.54, 1.807) is 0 Å². The Balaban J connectivity index is 1.94. The van der Waals surface area contributed by atoms with Crippen LogP contribution in [0.4, 0.5) is 0 Å². The first-order chi connectivity index (χ1) is 11.3. The lowest BCUT2D eigenvalue weighted by atomic mass is 10.0. The summed E-state index contributed by atoms with van der Waals surface area (Å²) < 4.78 is 10.9. The number of rotatable bonds is 4. The van der Waals surface area contributed by atoms with Crippen LogP contribution in [0, 0.1) is 11.8 Å². The van der Waals surface area contributed by atoms with Crippen LogP contribution < -0.4 is 9.47 Å². The van der Waals surface area contributed by atoms with Crippen molar-refractivity contribution in [1.29, 1.82) is 0 Å². The van der Waals surface area contributed by atoms with Crippen LogP contribution in [0.25, 0.3) is 0 Å². The second-order valence-corrected chi connectivity index (χ2v) is 5.37. The van der Waals surface area contributed by atoms with Crippen LogP contribution >= 0.6 is 0 Å². The van der Waals surface area contributed by atoms with E-state index in [1.807, 2.05) is 42.5 Å². The fourth-order valence-electron chi connectivity index (χ4n) is 2.73. The first-order valence-electron chi connectivity index (χ1n) is 8.02. The predicted octanol–water partition coefficient (Wildman–Crippen LogP) is 3.85. The molecule has 1 aliphatic heterocycles. The van der Waals surface area contributed by atoms with Gasteiger partial charge in [0.1, 0.15) is 0 Å². The van der Waals surface area contributed by atoms with Crippen molar-refractivity contribution in [3.63, 3.8) is 0 Å². The maximum Gasteiger partial charge on any atom is 0.231 e. The molecule has 1 heterocycles. The molecule has 23 heavy (non-hydrogen) atoms. The summed E-state index contributed by atoms with van der Waals surface area (Å²) >= 11 is 0. The van der Waals surface area contributed by atoms with E-state index in [2.05, 4.69) is 36.7 Å². The maximum atomic E-state index is 5.51. The van der Waals surface area contributed by atoms with Crippen molar-refractivity contribution in [3.05, 3.63) is 59.7 Å². The van der Waals surface area contributed by atoms with E-state index in [9.17, 15) is 0 Å². The lowest BCUT2D eigenvalue weighted by Gasteiger charge is -2.26. The summed E-state index contributed by atoms with van der Waals surface area (Å²) in [4.78, 5) is 2.34. The maximum absolute atomic E-state index is 5.51. The molecule has 1 aliphatic rings. The molecule has 3 heteroatoms. The average Bonchev–Trinajstić information content (AvgIpc) is 3.07. The van der Waals surface area contributed by atoms with Crippen molar-refractivity contribution in [2.45, 2.75) is 19.9 Å². The Bertz CT molecular complexity index is 711. The Kier molecular flexibility index (Phi) is 4.85. The molecular weight excluding hydrogens is 286 g/mol. The van der Waals surface area contributed by atoms with Crippen molar-refractivity contribution in [2.75, 3.05) is 19.9 Å². The molecule has 118 valence electrons. The van der Waals surface area contributed by atoms with Crippen molar-refractivity contribution in [3.8, 4) is 23.3 Å². The fraction of sp³-hybridized carbons (Fsp3) is 0.300. The molecule has 3 nitrogen and oxygen atoms in total. The molecule has 2 aromatic carbocycles. The van der Waals surface area contributed by atoms with Crippen LogP contribution in [0.2, 0.25) is 0 Å². The molecule has 3 rings (SSSR count). The van der Waals surface area contributed by atoms with Crippen LogP contribution in [0.15, 0.2) is 48.5 Å². The molecule has 0 N–H and O–H groups in total. The SMILES string of the molecule is CCN(CC)C(C#Cc1ccccc1)c1ccc2c(c1)OCO2. The van der Waals surface area contributed by atoms with E-state index in [0.29, 0.717) is 6.79 Å². The minimum Gasteiger partial charge on any atom is -0.454 e. The summed E-state index contributed by atoms with van der Waals surface area (Å²) in [7, 11) is 0. The second kappa shape index (κ2) is 7.21. The van der Waals surface area contributed by atoms with Crippen molar-refractivity contribution in [1.82, 2.24) is 4.90 Å². The summed E-state index contributed by atoms with van der Waals surface area (Å²) in [5.74, 6) is 8.34. The van der Waals surface area contributed by atoms with Gasteiger partial charge in [-0.25, -0.2) is 0 Å². The van der Waals surface area contributed by atoms with Gasteiger partial charge in [0.2, 0.25) is 6.79 Å². The third kappa shape index (κ3) is 3.49. The van der Waals surface area contributed by atoms with Gasteiger partial charge in [-0.2, -0.15) is 0 Å². The van der Waals surface area contributed by atoms with Gasteiger partial charge in [0.25, 0.3) is 0 Å². The zero-order valence-electron chi connectivity index (χ0n) is 13.6. The second-order valence-electron chi connectivity index (χ2n) is 5.37. The van der Waals surface area contributed by atoms with E-state index >= 15 is 0 Å². The predicted molar refractivity (Wildman–Crippen MR) is 91.5 cm³/mol.